The summed E-state index contributed by atoms with van der Waals surface area (Å²) >= 11 is 0. The Balaban J connectivity index is 1.29. The van der Waals surface area contributed by atoms with Crippen LogP contribution in [0.4, 0.5) is 0 Å². The van der Waals surface area contributed by atoms with Crippen molar-refractivity contribution in [2.75, 3.05) is 19.6 Å². The van der Waals surface area contributed by atoms with Gasteiger partial charge in [-0.2, -0.15) is 0 Å². The zero-order valence-corrected chi connectivity index (χ0v) is 24.0. The van der Waals surface area contributed by atoms with Crippen LogP contribution in [-0.2, 0) is 16.0 Å². The number of rotatable bonds is 11. The number of hydrogen-bond acceptors (Lipinski definition) is 6. The number of primary amides is 1. The SMILES string of the molecule is NC(=O)C[C@H](NC(=O)c1ccc2ccccc2n1)C(=O)NC(Cc1ccccc1)C(O)CN1CCC2CCCCC2C1. The number of aliphatic hydroxyl groups is 1. The van der Waals surface area contributed by atoms with Crippen molar-refractivity contribution in [1.29, 1.82) is 0 Å². The van der Waals surface area contributed by atoms with Gasteiger partial charge in [0.25, 0.3) is 5.91 Å². The van der Waals surface area contributed by atoms with Crippen LogP contribution in [0, 0.1) is 11.8 Å². The molecule has 1 aliphatic carbocycles. The molecule has 3 amide bonds. The molecule has 1 aliphatic heterocycles. The van der Waals surface area contributed by atoms with Gasteiger partial charge in [-0.05, 0) is 55.3 Å². The molecule has 1 aromatic heterocycles. The van der Waals surface area contributed by atoms with Gasteiger partial charge in [0.1, 0.15) is 11.7 Å². The Morgan fingerprint density at radius 2 is 1.67 bits per heavy atom. The number of carbonyl (C=O) groups excluding carboxylic acids is 3. The first kappa shape index (κ1) is 29.7. The molecule has 3 aromatic rings. The Morgan fingerprint density at radius 1 is 0.929 bits per heavy atom. The molecule has 0 radical (unpaired) electrons. The molecule has 0 spiro atoms. The third kappa shape index (κ3) is 7.72. The number of β-amino-alcohol motifs (C(OH)–C–C–N with tert-alkyl or cyclic N) is 1. The molecule has 1 saturated carbocycles. The fourth-order valence-electron chi connectivity index (χ4n) is 6.50. The fraction of sp³-hybridized carbons (Fsp3) is 0.455. The second-order valence-corrected chi connectivity index (χ2v) is 11.8. The average Bonchev–Trinajstić information content (AvgIpc) is 3.00. The summed E-state index contributed by atoms with van der Waals surface area (Å²) in [4.78, 5) is 45.3. The van der Waals surface area contributed by atoms with Gasteiger partial charge < -0.3 is 26.4 Å². The van der Waals surface area contributed by atoms with E-state index in [1.807, 2.05) is 48.5 Å². The van der Waals surface area contributed by atoms with Crippen molar-refractivity contribution >= 4 is 28.6 Å². The lowest BCUT2D eigenvalue weighted by atomic mass is 9.75. The molecule has 1 saturated heterocycles. The number of fused-ring (bicyclic) bond motifs is 2. The third-order valence-electron chi connectivity index (χ3n) is 8.77. The number of piperidine rings is 1. The van der Waals surface area contributed by atoms with Gasteiger partial charge >= 0.3 is 0 Å². The highest BCUT2D eigenvalue weighted by Gasteiger charge is 2.34. The van der Waals surface area contributed by atoms with Crippen LogP contribution in [0.25, 0.3) is 10.9 Å². The summed E-state index contributed by atoms with van der Waals surface area (Å²) in [6, 6.07) is 18.6. The van der Waals surface area contributed by atoms with Gasteiger partial charge in [0.05, 0.1) is 24.1 Å². The van der Waals surface area contributed by atoms with Gasteiger partial charge in [0, 0.05) is 18.5 Å². The lowest BCUT2D eigenvalue weighted by Crippen LogP contribution is -2.56. The standard InChI is InChI=1S/C33H41N5O4/c34-31(40)19-29(37-32(41)27-15-14-24-11-6-7-13-26(24)35-27)33(42)36-28(18-22-8-2-1-3-9-22)30(39)21-38-17-16-23-10-4-5-12-25(23)20-38/h1-3,6-9,11,13-15,23,25,28-30,39H,4-5,10,12,16-21H2,(H2,34,40)(H,36,42)(H,37,41)/t23?,25?,28?,29-,30?/m0/s1. The van der Waals surface area contributed by atoms with Crippen molar-refractivity contribution < 1.29 is 19.5 Å². The zero-order chi connectivity index (χ0) is 29.5. The first-order valence-electron chi connectivity index (χ1n) is 15.1. The summed E-state index contributed by atoms with van der Waals surface area (Å²) in [5.74, 6) is -0.438. The zero-order valence-electron chi connectivity index (χ0n) is 24.0. The summed E-state index contributed by atoms with van der Waals surface area (Å²) in [5.41, 5.74) is 7.20. The topological polar surface area (TPSA) is 138 Å². The lowest BCUT2D eigenvalue weighted by Gasteiger charge is -2.42. The summed E-state index contributed by atoms with van der Waals surface area (Å²) in [7, 11) is 0. The molecule has 2 heterocycles. The second-order valence-electron chi connectivity index (χ2n) is 11.8. The van der Waals surface area contributed by atoms with Crippen molar-refractivity contribution in [2.24, 2.45) is 17.6 Å². The van der Waals surface area contributed by atoms with E-state index in [1.165, 1.54) is 25.7 Å². The van der Waals surface area contributed by atoms with Gasteiger partial charge in [0.2, 0.25) is 11.8 Å². The monoisotopic (exact) mass is 571 g/mol. The van der Waals surface area contributed by atoms with E-state index in [2.05, 4.69) is 20.5 Å². The normalized spacial score (nSPS) is 21.1. The van der Waals surface area contributed by atoms with E-state index in [0.717, 1.165) is 36.4 Å². The molecule has 2 aromatic carbocycles. The maximum atomic E-state index is 13.6. The largest absolute Gasteiger partial charge is 0.390 e. The van der Waals surface area contributed by atoms with E-state index in [0.29, 0.717) is 24.4 Å². The molecular weight excluding hydrogens is 530 g/mol. The number of hydrogen-bond donors (Lipinski definition) is 4. The van der Waals surface area contributed by atoms with E-state index in [9.17, 15) is 19.5 Å². The molecular formula is C33H41N5O4. The summed E-state index contributed by atoms with van der Waals surface area (Å²) in [6.45, 7) is 2.34. The Kier molecular flexibility index (Phi) is 9.81. The number of benzene rings is 2. The van der Waals surface area contributed by atoms with Crippen LogP contribution in [0.1, 0.15) is 54.6 Å². The summed E-state index contributed by atoms with van der Waals surface area (Å²) < 4.78 is 0. The fourth-order valence-corrected chi connectivity index (χ4v) is 6.50. The maximum Gasteiger partial charge on any atom is 0.270 e. The van der Waals surface area contributed by atoms with Crippen molar-refractivity contribution in [3.63, 3.8) is 0 Å². The molecule has 2 aliphatic rings. The number of nitrogens with zero attached hydrogens (tertiary/aromatic N) is 2. The number of para-hydroxylation sites is 1. The first-order valence-corrected chi connectivity index (χ1v) is 15.1. The minimum absolute atomic E-state index is 0.128. The number of pyridine rings is 1. The van der Waals surface area contributed by atoms with Gasteiger partial charge in [0.15, 0.2) is 0 Å². The highest BCUT2D eigenvalue weighted by Crippen LogP contribution is 2.36. The van der Waals surface area contributed by atoms with Gasteiger partial charge in [-0.25, -0.2) is 4.98 Å². The number of aliphatic hydroxyl groups excluding tert-OH is 1. The number of carbonyl (C=O) groups is 3. The molecule has 5 N–H and O–H groups in total. The minimum Gasteiger partial charge on any atom is -0.390 e. The number of nitrogens with one attached hydrogen (secondary N) is 2. The van der Waals surface area contributed by atoms with Crippen LogP contribution in [0.5, 0.6) is 0 Å². The van der Waals surface area contributed by atoms with Gasteiger partial charge in [-0.3, -0.25) is 14.4 Å². The lowest BCUT2D eigenvalue weighted by molar-refractivity contribution is -0.128. The van der Waals surface area contributed by atoms with E-state index < -0.39 is 35.9 Å². The number of aromatic nitrogens is 1. The molecule has 9 heteroatoms. The molecule has 5 atom stereocenters. The Bertz CT molecular complexity index is 1380. The van der Waals surface area contributed by atoms with Crippen LogP contribution in [0.3, 0.4) is 0 Å². The molecule has 2 fully saturated rings. The minimum atomic E-state index is -1.22. The second kappa shape index (κ2) is 13.9. The number of amides is 3. The Morgan fingerprint density at radius 3 is 2.45 bits per heavy atom. The van der Waals surface area contributed by atoms with E-state index >= 15 is 0 Å². The predicted molar refractivity (Wildman–Crippen MR) is 161 cm³/mol. The average molecular weight is 572 g/mol. The third-order valence-corrected chi connectivity index (χ3v) is 8.77. The molecule has 222 valence electrons. The van der Waals surface area contributed by atoms with Crippen LogP contribution in [0.2, 0.25) is 0 Å². The molecule has 4 unspecified atom stereocenters. The van der Waals surface area contributed by atoms with Gasteiger partial charge in [-0.1, -0.05) is 73.9 Å². The molecule has 42 heavy (non-hydrogen) atoms. The quantitative estimate of drug-likeness (QED) is 0.279. The van der Waals surface area contributed by atoms with Crippen molar-refractivity contribution in [1.82, 2.24) is 20.5 Å². The smallest absolute Gasteiger partial charge is 0.270 e. The highest BCUT2D eigenvalue weighted by molar-refractivity contribution is 5.99. The number of likely N-dealkylation sites (tertiary alicyclic amines) is 1. The summed E-state index contributed by atoms with van der Waals surface area (Å²) in [5, 5.41) is 17.9. The predicted octanol–water partition coefficient (Wildman–Crippen LogP) is 2.81. The van der Waals surface area contributed by atoms with E-state index in [-0.39, 0.29) is 12.1 Å². The van der Waals surface area contributed by atoms with Crippen LogP contribution < -0.4 is 16.4 Å². The van der Waals surface area contributed by atoms with Crippen LogP contribution in [0.15, 0.2) is 66.7 Å². The van der Waals surface area contributed by atoms with Crippen molar-refractivity contribution in [3.05, 3.63) is 78.0 Å². The maximum absolute atomic E-state index is 13.6. The summed E-state index contributed by atoms with van der Waals surface area (Å²) in [6.07, 6.45) is 5.44. The molecule has 9 nitrogen and oxygen atoms in total. The Hall–Kier alpha value is -3.82. The Labute approximate surface area is 246 Å². The molecule has 5 rings (SSSR count). The van der Waals surface area contributed by atoms with Crippen LogP contribution in [-0.4, -0.2) is 70.5 Å². The molecule has 0 bridgehead atoms. The van der Waals surface area contributed by atoms with Crippen molar-refractivity contribution in [2.45, 2.75) is 63.1 Å². The van der Waals surface area contributed by atoms with E-state index in [4.69, 9.17) is 5.73 Å². The van der Waals surface area contributed by atoms with Crippen LogP contribution >= 0.6 is 0 Å². The number of nitrogens with two attached hydrogens (primary N) is 1. The van der Waals surface area contributed by atoms with E-state index in [1.54, 1.807) is 18.2 Å². The first-order chi connectivity index (χ1) is 20.4. The van der Waals surface area contributed by atoms with Crippen molar-refractivity contribution in [3.8, 4) is 0 Å². The van der Waals surface area contributed by atoms with Gasteiger partial charge in [-0.15, -0.1) is 0 Å². The highest BCUT2D eigenvalue weighted by atomic mass is 16.3.